The van der Waals surface area contributed by atoms with E-state index in [0.29, 0.717) is 25.3 Å². The summed E-state index contributed by atoms with van der Waals surface area (Å²) < 4.78 is 24.2. The molecule has 2 aromatic carbocycles. The van der Waals surface area contributed by atoms with E-state index in [-0.39, 0.29) is 24.7 Å². The SMILES string of the molecule is Cc1ccc(F)c(OCC(=O)NCc2ccc(OCCCC(=O)O)cc2)c1. The first-order valence-corrected chi connectivity index (χ1v) is 8.53. The number of carbonyl (C=O) groups is 2. The fourth-order valence-corrected chi connectivity index (χ4v) is 2.23. The smallest absolute Gasteiger partial charge is 0.303 e. The van der Waals surface area contributed by atoms with Crippen LogP contribution in [0.4, 0.5) is 4.39 Å². The number of aliphatic carboxylic acids is 1. The van der Waals surface area contributed by atoms with Gasteiger partial charge in [0, 0.05) is 13.0 Å². The van der Waals surface area contributed by atoms with Crippen molar-refractivity contribution >= 4 is 11.9 Å². The Morgan fingerprint density at radius 3 is 2.56 bits per heavy atom. The molecule has 1 amide bonds. The fraction of sp³-hybridized carbons (Fsp3) is 0.300. The van der Waals surface area contributed by atoms with Crippen molar-refractivity contribution in [3.05, 3.63) is 59.4 Å². The number of benzene rings is 2. The highest BCUT2D eigenvalue weighted by molar-refractivity contribution is 5.77. The van der Waals surface area contributed by atoms with Gasteiger partial charge < -0.3 is 19.9 Å². The van der Waals surface area contributed by atoms with E-state index in [4.69, 9.17) is 14.6 Å². The maximum atomic E-state index is 13.6. The number of ether oxygens (including phenoxy) is 2. The minimum absolute atomic E-state index is 0.0505. The molecule has 0 aliphatic carbocycles. The maximum Gasteiger partial charge on any atom is 0.303 e. The Kier molecular flexibility index (Phi) is 7.61. The molecule has 0 saturated carbocycles. The van der Waals surface area contributed by atoms with E-state index in [1.54, 1.807) is 30.3 Å². The second-order valence-corrected chi connectivity index (χ2v) is 5.99. The number of carboxylic acids is 1. The third-order valence-electron chi connectivity index (χ3n) is 3.66. The summed E-state index contributed by atoms with van der Waals surface area (Å²) in [6.45, 7) is 2.17. The summed E-state index contributed by atoms with van der Waals surface area (Å²) in [7, 11) is 0. The number of rotatable bonds is 10. The van der Waals surface area contributed by atoms with E-state index in [2.05, 4.69) is 5.32 Å². The van der Waals surface area contributed by atoms with E-state index < -0.39 is 11.8 Å². The molecule has 0 aliphatic rings. The van der Waals surface area contributed by atoms with Crippen molar-refractivity contribution in [2.24, 2.45) is 0 Å². The molecule has 27 heavy (non-hydrogen) atoms. The van der Waals surface area contributed by atoms with Crippen LogP contribution in [0, 0.1) is 12.7 Å². The molecule has 0 aliphatic heterocycles. The van der Waals surface area contributed by atoms with Crippen molar-refractivity contribution in [1.82, 2.24) is 5.32 Å². The Labute approximate surface area is 156 Å². The molecule has 2 N–H and O–H groups in total. The van der Waals surface area contributed by atoms with Crippen molar-refractivity contribution in [3.63, 3.8) is 0 Å². The van der Waals surface area contributed by atoms with Crippen LogP contribution < -0.4 is 14.8 Å². The van der Waals surface area contributed by atoms with Crippen LogP contribution in [0.1, 0.15) is 24.0 Å². The van der Waals surface area contributed by atoms with Gasteiger partial charge in [0.25, 0.3) is 5.91 Å². The average Bonchev–Trinajstić information content (AvgIpc) is 2.65. The van der Waals surface area contributed by atoms with Crippen molar-refractivity contribution in [1.29, 1.82) is 0 Å². The van der Waals surface area contributed by atoms with Gasteiger partial charge in [0.05, 0.1) is 6.61 Å². The molecule has 0 bridgehead atoms. The third kappa shape index (κ3) is 7.35. The largest absolute Gasteiger partial charge is 0.494 e. The summed E-state index contributed by atoms with van der Waals surface area (Å²) in [4.78, 5) is 22.3. The second kappa shape index (κ2) is 10.2. The molecule has 0 unspecified atom stereocenters. The van der Waals surface area contributed by atoms with E-state index >= 15 is 0 Å². The Bertz CT molecular complexity index is 776. The molecule has 2 aromatic rings. The number of amides is 1. The summed E-state index contributed by atoms with van der Waals surface area (Å²) in [6.07, 6.45) is 0.507. The van der Waals surface area contributed by atoms with E-state index in [0.717, 1.165) is 11.1 Å². The molecule has 0 saturated heterocycles. The number of carbonyl (C=O) groups excluding carboxylic acids is 1. The van der Waals surface area contributed by atoms with Crippen LogP contribution >= 0.6 is 0 Å². The van der Waals surface area contributed by atoms with Crippen molar-refractivity contribution in [2.45, 2.75) is 26.3 Å². The minimum Gasteiger partial charge on any atom is -0.494 e. The predicted molar refractivity (Wildman–Crippen MR) is 97.3 cm³/mol. The molecule has 0 atom stereocenters. The van der Waals surface area contributed by atoms with Crippen molar-refractivity contribution < 1.29 is 28.6 Å². The Balaban J connectivity index is 1.71. The highest BCUT2D eigenvalue weighted by atomic mass is 19.1. The lowest BCUT2D eigenvalue weighted by Gasteiger charge is -2.10. The topological polar surface area (TPSA) is 84.9 Å². The molecule has 0 fully saturated rings. The number of nitrogens with one attached hydrogen (secondary N) is 1. The molecule has 0 spiro atoms. The van der Waals surface area contributed by atoms with Crippen LogP contribution in [-0.2, 0) is 16.1 Å². The average molecular weight is 375 g/mol. The zero-order chi connectivity index (χ0) is 19.6. The molecular weight excluding hydrogens is 353 g/mol. The van der Waals surface area contributed by atoms with Gasteiger partial charge in [-0.1, -0.05) is 18.2 Å². The molecule has 144 valence electrons. The molecule has 0 aromatic heterocycles. The van der Waals surface area contributed by atoms with Crippen LogP contribution in [0.2, 0.25) is 0 Å². The van der Waals surface area contributed by atoms with Gasteiger partial charge in [-0.3, -0.25) is 9.59 Å². The van der Waals surface area contributed by atoms with Crippen molar-refractivity contribution in [2.75, 3.05) is 13.2 Å². The summed E-state index contributed by atoms with van der Waals surface area (Å²) >= 11 is 0. The number of carboxylic acid groups (broad SMARTS) is 1. The highest BCUT2D eigenvalue weighted by Crippen LogP contribution is 2.18. The van der Waals surface area contributed by atoms with E-state index in [9.17, 15) is 14.0 Å². The number of hydrogen-bond donors (Lipinski definition) is 2. The highest BCUT2D eigenvalue weighted by Gasteiger charge is 2.07. The van der Waals surface area contributed by atoms with Crippen LogP contribution in [0.25, 0.3) is 0 Å². The molecule has 7 heteroatoms. The molecule has 0 heterocycles. The lowest BCUT2D eigenvalue weighted by molar-refractivity contribution is -0.137. The molecular formula is C20H22FNO5. The quantitative estimate of drug-likeness (QED) is 0.624. The lowest BCUT2D eigenvalue weighted by Crippen LogP contribution is -2.28. The number of hydrogen-bond acceptors (Lipinski definition) is 4. The first-order valence-electron chi connectivity index (χ1n) is 8.53. The summed E-state index contributed by atoms with van der Waals surface area (Å²) in [5.41, 5.74) is 1.71. The first kappa shape index (κ1) is 20.2. The molecule has 6 nitrogen and oxygen atoms in total. The van der Waals surface area contributed by atoms with Crippen LogP contribution in [-0.4, -0.2) is 30.2 Å². The third-order valence-corrected chi connectivity index (χ3v) is 3.66. The van der Waals surface area contributed by atoms with Gasteiger partial charge in [0.2, 0.25) is 0 Å². The van der Waals surface area contributed by atoms with E-state index in [1.165, 1.54) is 12.1 Å². The zero-order valence-electron chi connectivity index (χ0n) is 15.0. The lowest BCUT2D eigenvalue weighted by atomic mass is 10.2. The number of aryl methyl sites for hydroxylation is 1. The normalized spacial score (nSPS) is 10.3. The monoisotopic (exact) mass is 375 g/mol. The predicted octanol–water partition coefficient (Wildman–Crippen LogP) is 3.07. The van der Waals surface area contributed by atoms with Crippen LogP contribution in [0.5, 0.6) is 11.5 Å². The second-order valence-electron chi connectivity index (χ2n) is 5.99. The number of halogens is 1. The van der Waals surface area contributed by atoms with E-state index in [1.807, 2.05) is 6.92 Å². The standard InChI is InChI=1S/C20H22FNO5/c1-14-4-9-17(21)18(11-14)27-13-19(23)22-12-15-5-7-16(8-6-15)26-10-2-3-20(24)25/h4-9,11H,2-3,10,12-13H2,1H3,(H,22,23)(H,24,25). The van der Waals surface area contributed by atoms with Gasteiger partial charge >= 0.3 is 5.97 Å². The molecule has 2 rings (SSSR count). The fourth-order valence-electron chi connectivity index (χ4n) is 2.23. The van der Waals surface area contributed by atoms with Gasteiger partial charge in [-0.05, 0) is 48.7 Å². The van der Waals surface area contributed by atoms with Gasteiger partial charge in [0.15, 0.2) is 18.2 Å². The summed E-state index contributed by atoms with van der Waals surface area (Å²) in [6, 6.07) is 11.6. The summed E-state index contributed by atoms with van der Waals surface area (Å²) in [5, 5.41) is 11.3. The Morgan fingerprint density at radius 2 is 1.85 bits per heavy atom. The minimum atomic E-state index is -0.848. The van der Waals surface area contributed by atoms with Gasteiger partial charge in [-0.15, -0.1) is 0 Å². The zero-order valence-corrected chi connectivity index (χ0v) is 15.0. The Morgan fingerprint density at radius 1 is 1.11 bits per heavy atom. The van der Waals surface area contributed by atoms with Crippen LogP contribution in [0.15, 0.2) is 42.5 Å². The Hall–Kier alpha value is -3.09. The first-order chi connectivity index (χ1) is 12.9. The van der Waals surface area contributed by atoms with Crippen molar-refractivity contribution in [3.8, 4) is 11.5 Å². The van der Waals surface area contributed by atoms with Gasteiger partial charge in [-0.2, -0.15) is 0 Å². The van der Waals surface area contributed by atoms with Gasteiger partial charge in [-0.25, -0.2) is 4.39 Å². The molecule has 0 radical (unpaired) electrons. The van der Waals surface area contributed by atoms with Crippen LogP contribution in [0.3, 0.4) is 0 Å². The maximum absolute atomic E-state index is 13.6. The van der Waals surface area contributed by atoms with Gasteiger partial charge in [0.1, 0.15) is 5.75 Å². The summed E-state index contributed by atoms with van der Waals surface area (Å²) in [5.74, 6) is -1.03.